The Bertz CT molecular complexity index is 490. The van der Waals surface area contributed by atoms with Crippen molar-refractivity contribution < 1.29 is 14.6 Å². The van der Waals surface area contributed by atoms with Crippen molar-refractivity contribution in [1.82, 2.24) is 0 Å². The summed E-state index contributed by atoms with van der Waals surface area (Å²) in [4.78, 5) is 12.1. The quantitative estimate of drug-likeness (QED) is 0.825. The summed E-state index contributed by atoms with van der Waals surface area (Å²) < 4.78 is 5.43. The summed E-state index contributed by atoms with van der Waals surface area (Å²) in [5.74, 6) is 0.869. The molecule has 2 atom stereocenters. The predicted octanol–water partition coefficient (Wildman–Crippen LogP) is 2.52. The topological polar surface area (TPSA) is 46.5 Å². The zero-order chi connectivity index (χ0) is 12.5. The molecule has 0 aromatic heterocycles. The first-order valence-electron chi connectivity index (χ1n) is 6.41. The van der Waals surface area contributed by atoms with Crippen molar-refractivity contribution in [2.75, 3.05) is 0 Å². The van der Waals surface area contributed by atoms with Gasteiger partial charge in [0.25, 0.3) is 0 Å². The van der Waals surface area contributed by atoms with Gasteiger partial charge in [-0.1, -0.05) is 30.3 Å². The van der Waals surface area contributed by atoms with Gasteiger partial charge >= 0.3 is 0 Å². The van der Waals surface area contributed by atoms with E-state index < -0.39 is 6.29 Å². The average molecular weight is 244 g/mol. The van der Waals surface area contributed by atoms with Crippen LogP contribution in [0.25, 0.3) is 0 Å². The van der Waals surface area contributed by atoms with Crippen molar-refractivity contribution >= 4 is 5.78 Å². The first-order valence-corrected chi connectivity index (χ1v) is 6.41. The number of aliphatic hydroxyl groups is 1. The molecule has 1 unspecified atom stereocenters. The van der Waals surface area contributed by atoms with Crippen molar-refractivity contribution in [1.29, 1.82) is 0 Å². The van der Waals surface area contributed by atoms with Crippen LogP contribution in [0.1, 0.15) is 37.2 Å². The normalized spacial score (nSPS) is 27.7. The van der Waals surface area contributed by atoms with E-state index in [-0.39, 0.29) is 11.7 Å². The molecule has 1 aromatic carbocycles. The van der Waals surface area contributed by atoms with E-state index in [0.29, 0.717) is 18.6 Å². The molecule has 3 rings (SSSR count). The highest BCUT2D eigenvalue weighted by Gasteiger charge is 2.36. The van der Waals surface area contributed by atoms with Crippen LogP contribution in [0.5, 0.6) is 0 Å². The van der Waals surface area contributed by atoms with Crippen LogP contribution < -0.4 is 0 Å². The number of hydrogen-bond donors (Lipinski definition) is 1. The Labute approximate surface area is 106 Å². The van der Waals surface area contributed by atoms with Gasteiger partial charge in [-0.05, 0) is 12.0 Å². The number of allylic oxidation sites excluding steroid dienone is 2. The number of ether oxygens (including phenoxy) is 1. The van der Waals surface area contributed by atoms with E-state index in [1.54, 1.807) is 0 Å². The molecule has 1 aliphatic carbocycles. The summed E-state index contributed by atoms with van der Waals surface area (Å²) >= 11 is 0. The lowest BCUT2D eigenvalue weighted by Gasteiger charge is -2.33. The summed E-state index contributed by atoms with van der Waals surface area (Å²) in [6.45, 7) is 0. The number of rotatable bonds is 1. The van der Waals surface area contributed by atoms with Crippen molar-refractivity contribution in [2.24, 2.45) is 0 Å². The maximum Gasteiger partial charge on any atom is 0.197 e. The minimum atomic E-state index is -0.792. The third-order valence-corrected chi connectivity index (χ3v) is 3.67. The molecule has 2 aliphatic rings. The van der Waals surface area contributed by atoms with Crippen molar-refractivity contribution in [3.05, 3.63) is 47.2 Å². The second-order valence-electron chi connectivity index (χ2n) is 4.89. The Morgan fingerprint density at radius 3 is 2.72 bits per heavy atom. The van der Waals surface area contributed by atoms with E-state index >= 15 is 0 Å². The second-order valence-corrected chi connectivity index (χ2v) is 4.89. The number of aliphatic hydroxyl groups excluding tert-OH is 1. The van der Waals surface area contributed by atoms with E-state index in [4.69, 9.17) is 4.74 Å². The molecule has 1 N–H and O–H groups in total. The molecule has 18 heavy (non-hydrogen) atoms. The second kappa shape index (κ2) is 4.58. The van der Waals surface area contributed by atoms with Crippen molar-refractivity contribution in [2.45, 2.75) is 37.9 Å². The van der Waals surface area contributed by atoms with E-state index in [2.05, 4.69) is 0 Å². The lowest BCUT2D eigenvalue weighted by Crippen LogP contribution is -2.30. The van der Waals surface area contributed by atoms with Crippen LogP contribution in [0, 0.1) is 0 Å². The standard InChI is InChI=1S/C15H16O3/c16-12-7-4-8-13-15(12)11(9-14(17)18-13)10-5-2-1-3-6-10/h1-3,5-6,11,14,17H,4,7-9H2/t11-,14?/m0/s1. The van der Waals surface area contributed by atoms with Crippen LogP contribution in [-0.4, -0.2) is 17.2 Å². The van der Waals surface area contributed by atoms with E-state index in [1.165, 1.54) is 0 Å². The average Bonchev–Trinajstić information content (AvgIpc) is 2.39. The van der Waals surface area contributed by atoms with Crippen LogP contribution in [0.15, 0.2) is 41.7 Å². The van der Waals surface area contributed by atoms with Gasteiger partial charge in [0.15, 0.2) is 12.1 Å². The highest BCUT2D eigenvalue weighted by atomic mass is 16.6. The van der Waals surface area contributed by atoms with Gasteiger partial charge in [-0.15, -0.1) is 0 Å². The van der Waals surface area contributed by atoms with Crippen LogP contribution in [0.2, 0.25) is 0 Å². The van der Waals surface area contributed by atoms with Crippen LogP contribution in [-0.2, 0) is 9.53 Å². The molecule has 0 amide bonds. The number of carbonyl (C=O) groups is 1. The Hall–Kier alpha value is -1.61. The molecule has 0 bridgehead atoms. The maximum absolute atomic E-state index is 12.1. The van der Waals surface area contributed by atoms with Gasteiger partial charge in [0.1, 0.15) is 5.76 Å². The number of carbonyl (C=O) groups excluding carboxylic acids is 1. The summed E-state index contributed by atoms with van der Waals surface area (Å²) in [5, 5.41) is 9.80. The van der Waals surface area contributed by atoms with E-state index in [9.17, 15) is 9.90 Å². The fourth-order valence-corrected chi connectivity index (χ4v) is 2.87. The van der Waals surface area contributed by atoms with Crippen LogP contribution >= 0.6 is 0 Å². The molecule has 1 heterocycles. The summed E-state index contributed by atoms with van der Waals surface area (Å²) in [5.41, 5.74) is 1.88. The number of benzene rings is 1. The first kappa shape index (κ1) is 11.5. The third kappa shape index (κ3) is 1.95. The molecule has 94 valence electrons. The molecule has 3 heteroatoms. The van der Waals surface area contributed by atoms with Gasteiger partial charge in [-0.25, -0.2) is 0 Å². The Balaban J connectivity index is 2.04. The number of hydrogen-bond acceptors (Lipinski definition) is 3. The largest absolute Gasteiger partial charge is 0.469 e. The first-order chi connectivity index (χ1) is 8.75. The van der Waals surface area contributed by atoms with Crippen LogP contribution in [0.4, 0.5) is 0 Å². The Morgan fingerprint density at radius 1 is 1.17 bits per heavy atom. The summed E-state index contributed by atoms with van der Waals surface area (Å²) in [6, 6.07) is 9.90. The Kier molecular flexibility index (Phi) is 2.92. The molecule has 0 spiro atoms. The zero-order valence-electron chi connectivity index (χ0n) is 10.1. The van der Waals surface area contributed by atoms with Gasteiger partial charge in [0.05, 0.1) is 0 Å². The molecule has 0 radical (unpaired) electrons. The van der Waals surface area contributed by atoms with Crippen molar-refractivity contribution in [3.8, 4) is 0 Å². The van der Waals surface area contributed by atoms with Gasteiger partial charge in [0, 0.05) is 30.8 Å². The lowest BCUT2D eigenvalue weighted by atomic mass is 9.79. The zero-order valence-corrected chi connectivity index (χ0v) is 10.1. The molecular weight excluding hydrogens is 228 g/mol. The third-order valence-electron chi connectivity index (χ3n) is 3.67. The van der Waals surface area contributed by atoms with Crippen LogP contribution in [0.3, 0.4) is 0 Å². The van der Waals surface area contributed by atoms with E-state index in [1.807, 2.05) is 30.3 Å². The van der Waals surface area contributed by atoms with Crippen molar-refractivity contribution in [3.63, 3.8) is 0 Å². The maximum atomic E-state index is 12.1. The predicted molar refractivity (Wildman–Crippen MR) is 66.8 cm³/mol. The highest BCUT2D eigenvalue weighted by Crippen LogP contribution is 2.41. The molecular formula is C15H16O3. The van der Waals surface area contributed by atoms with Gasteiger partial charge in [0.2, 0.25) is 0 Å². The molecule has 0 fully saturated rings. The monoisotopic (exact) mass is 244 g/mol. The molecule has 1 aromatic rings. The van der Waals surface area contributed by atoms with Gasteiger partial charge < -0.3 is 9.84 Å². The van der Waals surface area contributed by atoms with Gasteiger partial charge in [-0.3, -0.25) is 4.79 Å². The summed E-state index contributed by atoms with van der Waals surface area (Å²) in [7, 11) is 0. The molecule has 0 saturated carbocycles. The molecule has 3 nitrogen and oxygen atoms in total. The minimum absolute atomic E-state index is 0.0160. The number of Topliss-reactive ketones (excluding diaryl/α,β-unsaturated/α-hetero) is 1. The Morgan fingerprint density at radius 2 is 1.94 bits per heavy atom. The van der Waals surface area contributed by atoms with E-state index in [0.717, 1.165) is 24.0 Å². The minimum Gasteiger partial charge on any atom is -0.469 e. The molecule has 0 saturated heterocycles. The fraction of sp³-hybridized carbons (Fsp3) is 0.400. The smallest absolute Gasteiger partial charge is 0.197 e. The summed E-state index contributed by atoms with van der Waals surface area (Å²) in [6.07, 6.45) is 1.86. The highest BCUT2D eigenvalue weighted by molar-refractivity contribution is 5.98. The lowest BCUT2D eigenvalue weighted by molar-refractivity contribution is -0.121. The fourth-order valence-electron chi connectivity index (χ4n) is 2.87. The SMILES string of the molecule is O=C1CCCC2=C1[C@H](c1ccccc1)CC(O)O2. The molecule has 1 aliphatic heterocycles. The van der Waals surface area contributed by atoms with Gasteiger partial charge in [-0.2, -0.15) is 0 Å². The number of ketones is 1.